The monoisotopic (exact) mass is 387 g/mol. The maximum absolute atomic E-state index is 12.8. The summed E-state index contributed by atoms with van der Waals surface area (Å²) in [6.07, 6.45) is 0.790. The molecule has 29 heavy (non-hydrogen) atoms. The lowest BCUT2D eigenvalue weighted by Gasteiger charge is -2.23. The smallest absolute Gasteiger partial charge is 0.255 e. The molecule has 0 aliphatic carbocycles. The zero-order valence-electron chi connectivity index (χ0n) is 16.6. The predicted octanol–water partition coefficient (Wildman–Crippen LogP) is 2.94. The summed E-state index contributed by atoms with van der Waals surface area (Å²) in [6.45, 7) is 4.72. The van der Waals surface area contributed by atoms with Gasteiger partial charge in [-0.2, -0.15) is 0 Å². The number of amides is 1. The van der Waals surface area contributed by atoms with Crippen molar-refractivity contribution >= 4 is 11.6 Å². The second-order valence-corrected chi connectivity index (χ2v) is 7.51. The van der Waals surface area contributed by atoms with Crippen molar-refractivity contribution in [2.24, 2.45) is 0 Å². The molecule has 4 nitrogen and oxygen atoms in total. The lowest BCUT2D eigenvalue weighted by atomic mass is 10.0. The predicted molar refractivity (Wildman–Crippen MR) is 115 cm³/mol. The van der Waals surface area contributed by atoms with Gasteiger partial charge in [0.1, 0.15) is 19.6 Å². The molecule has 3 aromatic carbocycles. The van der Waals surface area contributed by atoms with E-state index in [0.717, 1.165) is 50.5 Å². The molecule has 0 radical (unpaired) electrons. The van der Waals surface area contributed by atoms with Crippen LogP contribution in [0.1, 0.15) is 27.0 Å². The maximum Gasteiger partial charge on any atom is 0.255 e. The minimum Gasteiger partial charge on any atom is -0.370 e. The average Bonchev–Trinajstić information content (AvgIpc) is 2.77. The van der Waals surface area contributed by atoms with E-state index in [4.69, 9.17) is 4.74 Å². The molecule has 1 aliphatic rings. The second kappa shape index (κ2) is 9.50. The van der Waals surface area contributed by atoms with Crippen LogP contribution < -0.4 is 10.2 Å². The van der Waals surface area contributed by atoms with Gasteiger partial charge in [0, 0.05) is 16.8 Å². The zero-order valence-corrected chi connectivity index (χ0v) is 16.6. The Morgan fingerprint density at radius 1 is 0.828 bits per heavy atom. The molecular weight excluding hydrogens is 360 g/mol. The number of carbonyl (C=O) groups is 1. The fourth-order valence-corrected chi connectivity index (χ4v) is 3.71. The van der Waals surface area contributed by atoms with Gasteiger partial charge in [-0.1, -0.05) is 60.7 Å². The van der Waals surface area contributed by atoms with E-state index in [-0.39, 0.29) is 5.91 Å². The van der Waals surface area contributed by atoms with E-state index in [1.807, 2.05) is 48.5 Å². The van der Waals surface area contributed by atoms with Gasteiger partial charge in [-0.15, -0.1) is 0 Å². The summed E-state index contributed by atoms with van der Waals surface area (Å²) in [5, 5.41) is 3.09. The van der Waals surface area contributed by atoms with E-state index in [1.54, 1.807) is 0 Å². The normalized spacial score (nSPS) is 14.5. The van der Waals surface area contributed by atoms with Gasteiger partial charge in [0.2, 0.25) is 0 Å². The standard InChI is InChI=1S/C25H26N2O2/c28-25(22-12-10-21(11-13-22)19-27-14-16-29-17-15-27)26-24-9-5-4-8-23(24)18-20-6-2-1-3-7-20/h1-13H,14-19H2,(H,26,28)/p+1. The van der Waals surface area contributed by atoms with Crippen LogP contribution in [-0.4, -0.2) is 32.2 Å². The first-order chi connectivity index (χ1) is 14.3. The van der Waals surface area contributed by atoms with Crippen molar-refractivity contribution < 1.29 is 14.4 Å². The van der Waals surface area contributed by atoms with Crippen molar-refractivity contribution in [2.75, 3.05) is 31.6 Å². The minimum atomic E-state index is -0.0734. The number of hydrogen-bond donors (Lipinski definition) is 2. The second-order valence-electron chi connectivity index (χ2n) is 7.51. The van der Waals surface area contributed by atoms with Crippen molar-refractivity contribution in [1.82, 2.24) is 0 Å². The molecule has 0 aromatic heterocycles. The maximum atomic E-state index is 12.8. The van der Waals surface area contributed by atoms with Gasteiger partial charge in [-0.05, 0) is 35.7 Å². The van der Waals surface area contributed by atoms with E-state index in [2.05, 4.69) is 35.6 Å². The highest BCUT2D eigenvalue weighted by atomic mass is 16.5. The summed E-state index contributed by atoms with van der Waals surface area (Å²) in [5.41, 5.74) is 5.13. The van der Waals surface area contributed by atoms with Crippen molar-refractivity contribution in [3.05, 3.63) is 101 Å². The molecular formula is C25H27N2O2+. The third-order valence-corrected chi connectivity index (χ3v) is 5.37. The van der Waals surface area contributed by atoms with E-state index in [0.29, 0.717) is 5.56 Å². The first-order valence-corrected chi connectivity index (χ1v) is 10.2. The number of morpholine rings is 1. The van der Waals surface area contributed by atoms with Crippen LogP contribution in [0.4, 0.5) is 5.69 Å². The van der Waals surface area contributed by atoms with Crippen LogP contribution in [0.2, 0.25) is 0 Å². The number of hydrogen-bond acceptors (Lipinski definition) is 2. The largest absolute Gasteiger partial charge is 0.370 e. The summed E-state index contributed by atoms with van der Waals surface area (Å²) in [5.74, 6) is -0.0734. The Morgan fingerprint density at radius 2 is 1.52 bits per heavy atom. The number of ether oxygens (including phenoxy) is 1. The lowest BCUT2D eigenvalue weighted by Crippen LogP contribution is -3.12. The van der Waals surface area contributed by atoms with E-state index >= 15 is 0 Å². The molecule has 1 amide bonds. The van der Waals surface area contributed by atoms with Crippen molar-refractivity contribution in [3.63, 3.8) is 0 Å². The molecule has 3 aromatic rings. The first kappa shape index (κ1) is 19.4. The van der Waals surface area contributed by atoms with E-state index in [1.165, 1.54) is 16.0 Å². The number of quaternary nitrogens is 1. The molecule has 1 fully saturated rings. The van der Waals surface area contributed by atoms with E-state index in [9.17, 15) is 4.79 Å². The fraction of sp³-hybridized carbons (Fsp3) is 0.240. The third kappa shape index (κ3) is 5.31. The van der Waals surface area contributed by atoms with Gasteiger partial charge < -0.3 is 15.0 Å². The van der Waals surface area contributed by atoms with Gasteiger partial charge in [0.25, 0.3) is 5.91 Å². The summed E-state index contributed by atoms with van der Waals surface area (Å²) in [4.78, 5) is 14.3. The lowest BCUT2D eigenvalue weighted by molar-refractivity contribution is -0.921. The molecule has 4 rings (SSSR count). The Hall–Kier alpha value is -2.95. The van der Waals surface area contributed by atoms with Crippen molar-refractivity contribution in [1.29, 1.82) is 0 Å². The fourth-order valence-electron chi connectivity index (χ4n) is 3.71. The summed E-state index contributed by atoms with van der Waals surface area (Å²) in [6, 6.07) is 26.3. The molecule has 1 heterocycles. The van der Waals surface area contributed by atoms with Gasteiger partial charge in [-0.25, -0.2) is 0 Å². The van der Waals surface area contributed by atoms with Gasteiger partial charge in [0.05, 0.1) is 13.2 Å². The Bertz CT molecular complexity index is 933. The Kier molecular flexibility index (Phi) is 6.35. The van der Waals surface area contributed by atoms with Crippen molar-refractivity contribution in [3.8, 4) is 0 Å². The first-order valence-electron chi connectivity index (χ1n) is 10.2. The molecule has 0 bridgehead atoms. The Morgan fingerprint density at radius 3 is 2.28 bits per heavy atom. The Labute approximate surface area is 172 Å². The SMILES string of the molecule is O=C(Nc1ccccc1Cc1ccccc1)c1ccc(C[NH+]2CCOCC2)cc1. The summed E-state index contributed by atoms with van der Waals surface area (Å²) >= 11 is 0. The van der Waals surface area contributed by atoms with Gasteiger partial charge in [-0.3, -0.25) is 4.79 Å². The van der Waals surface area contributed by atoms with Crippen LogP contribution in [-0.2, 0) is 17.7 Å². The topological polar surface area (TPSA) is 42.8 Å². The highest BCUT2D eigenvalue weighted by Crippen LogP contribution is 2.20. The molecule has 0 unspecified atom stereocenters. The zero-order chi connectivity index (χ0) is 19.9. The summed E-state index contributed by atoms with van der Waals surface area (Å²) in [7, 11) is 0. The quantitative estimate of drug-likeness (QED) is 0.683. The molecule has 0 saturated carbocycles. The highest BCUT2D eigenvalue weighted by Gasteiger charge is 2.15. The number of rotatable bonds is 6. The third-order valence-electron chi connectivity index (χ3n) is 5.37. The number of carbonyl (C=O) groups excluding carboxylic acids is 1. The van der Waals surface area contributed by atoms with Crippen LogP contribution >= 0.6 is 0 Å². The van der Waals surface area contributed by atoms with Gasteiger partial charge >= 0.3 is 0 Å². The van der Waals surface area contributed by atoms with Crippen LogP contribution in [0, 0.1) is 0 Å². The van der Waals surface area contributed by atoms with Crippen LogP contribution in [0.3, 0.4) is 0 Å². The number of anilines is 1. The minimum absolute atomic E-state index is 0.0734. The Balaban J connectivity index is 1.41. The molecule has 0 spiro atoms. The molecule has 4 heteroatoms. The number of benzene rings is 3. The van der Waals surface area contributed by atoms with Crippen LogP contribution in [0.15, 0.2) is 78.9 Å². The average molecular weight is 388 g/mol. The molecule has 0 atom stereocenters. The van der Waals surface area contributed by atoms with Crippen LogP contribution in [0.25, 0.3) is 0 Å². The van der Waals surface area contributed by atoms with Gasteiger partial charge in [0.15, 0.2) is 0 Å². The number of nitrogens with one attached hydrogen (secondary N) is 2. The molecule has 2 N–H and O–H groups in total. The highest BCUT2D eigenvalue weighted by molar-refractivity contribution is 6.04. The summed E-state index contributed by atoms with van der Waals surface area (Å²) < 4.78 is 5.42. The number of para-hydroxylation sites is 1. The molecule has 148 valence electrons. The van der Waals surface area contributed by atoms with E-state index < -0.39 is 0 Å². The van der Waals surface area contributed by atoms with Crippen molar-refractivity contribution in [2.45, 2.75) is 13.0 Å². The molecule has 1 saturated heterocycles. The van der Waals surface area contributed by atoms with Crippen LogP contribution in [0.5, 0.6) is 0 Å². The molecule has 1 aliphatic heterocycles.